The second kappa shape index (κ2) is 10.2. The lowest BCUT2D eigenvalue weighted by molar-refractivity contribution is -0.116. The average Bonchev–Trinajstić information content (AvgIpc) is 2.74. The van der Waals surface area contributed by atoms with E-state index in [4.69, 9.17) is 0 Å². The van der Waals surface area contributed by atoms with E-state index in [9.17, 15) is 17.6 Å². The third-order valence-electron chi connectivity index (χ3n) is 4.74. The fourth-order valence-corrected chi connectivity index (χ4v) is 4.68. The SMILES string of the molecule is Cc1ccc(F)cc1NC(=O)CN(CCc1ccccc1)S(=O)(=O)c1ccc(Br)cc1. The molecule has 0 unspecified atom stereocenters. The number of hydrogen-bond acceptors (Lipinski definition) is 3. The smallest absolute Gasteiger partial charge is 0.243 e. The van der Waals surface area contributed by atoms with Gasteiger partial charge >= 0.3 is 0 Å². The zero-order valence-electron chi connectivity index (χ0n) is 16.9. The highest BCUT2D eigenvalue weighted by Crippen LogP contribution is 2.20. The first-order chi connectivity index (χ1) is 14.8. The Morgan fingerprint density at radius 1 is 1.03 bits per heavy atom. The summed E-state index contributed by atoms with van der Waals surface area (Å²) < 4.78 is 41.9. The second-order valence-corrected chi connectivity index (χ2v) is 9.89. The summed E-state index contributed by atoms with van der Waals surface area (Å²) in [5.41, 5.74) is 1.95. The van der Waals surface area contributed by atoms with Crippen LogP contribution in [0.3, 0.4) is 0 Å². The Labute approximate surface area is 190 Å². The van der Waals surface area contributed by atoms with E-state index in [0.29, 0.717) is 17.7 Å². The van der Waals surface area contributed by atoms with Crippen LogP contribution in [0.5, 0.6) is 0 Å². The molecule has 162 valence electrons. The van der Waals surface area contributed by atoms with Crippen LogP contribution >= 0.6 is 15.9 Å². The summed E-state index contributed by atoms with van der Waals surface area (Å²) in [6.45, 7) is 1.47. The molecule has 0 spiro atoms. The maximum Gasteiger partial charge on any atom is 0.243 e. The Balaban J connectivity index is 1.83. The Hall–Kier alpha value is -2.55. The van der Waals surface area contributed by atoms with Crippen molar-refractivity contribution in [2.45, 2.75) is 18.2 Å². The van der Waals surface area contributed by atoms with Crippen molar-refractivity contribution in [2.75, 3.05) is 18.4 Å². The molecule has 0 atom stereocenters. The predicted octanol–water partition coefficient (Wildman–Crippen LogP) is 4.77. The average molecular weight is 505 g/mol. The van der Waals surface area contributed by atoms with Gasteiger partial charge in [0.05, 0.1) is 11.4 Å². The molecule has 0 bridgehead atoms. The number of halogens is 2. The summed E-state index contributed by atoms with van der Waals surface area (Å²) in [7, 11) is -3.92. The third kappa shape index (κ3) is 6.22. The van der Waals surface area contributed by atoms with Gasteiger partial charge in [-0.1, -0.05) is 52.3 Å². The predicted molar refractivity (Wildman–Crippen MR) is 123 cm³/mol. The van der Waals surface area contributed by atoms with Gasteiger partial charge in [0.25, 0.3) is 0 Å². The van der Waals surface area contributed by atoms with E-state index in [-0.39, 0.29) is 18.0 Å². The van der Waals surface area contributed by atoms with Gasteiger partial charge in [-0.05, 0) is 60.9 Å². The van der Waals surface area contributed by atoms with Crippen LogP contribution in [-0.2, 0) is 21.2 Å². The van der Waals surface area contributed by atoms with Crippen LogP contribution in [0.15, 0.2) is 82.2 Å². The zero-order valence-corrected chi connectivity index (χ0v) is 19.3. The number of rotatable bonds is 8. The van der Waals surface area contributed by atoms with Crippen molar-refractivity contribution in [3.63, 3.8) is 0 Å². The molecule has 0 saturated heterocycles. The van der Waals surface area contributed by atoms with E-state index in [2.05, 4.69) is 21.2 Å². The van der Waals surface area contributed by atoms with Gasteiger partial charge < -0.3 is 5.32 Å². The van der Waals surface area contributed by atoms with Crippen LogP contribution in [0.1, 0.15) is 11.1 Å². The molecule has 0 aliphatic rings. The third-order valence-corrected chi connectivity index (χ3v) is 7.13. The summed E-state index contributed by atoms with van der Waals surface area (Å²) in [5, 5.41) is 2.62. The van der Waals surface area contributed by atoms with Crippen LogP contribution in [-0.4, -0.2) is 31.7 Å². The van der Waals surface area contributed by atoms with E-state index in [1.807, 2.05) is 30.3 Å². The maximum absolute atomic E-state index is 13.6. The van der Waals surface area contributed by atoms with Gasteiger partial charge in [-0.2, -0.15) is 4.31 Å². The first-order valence-electron chi connectivity index (χ1n) is 9.61. The van der Waals surface area contributed by atoms with E-state index in [1.165, 1.54) is 24.3 Å². The van der Waals surface area contributed by atoms with Gasteiger partial charge in [0, 0.05) is 16.7 Å². The van der Waals surface area contributed by atoms with E-state index >= 15 is 0 Å². The number of sulfonamides is 1. The Morgan fingerprint density at radius 3 is 2.39 bits per heavy atom. The normalized spacial score (nSPS) is 11.5. The maximum atomic E-state index is 13.6. The van der Waals surface area contributed by atoms with Crippen LogP contribution < -0.4 is 5.32 Å². The lowest BCUT2D eigenvalue weighted by atomic mass is 10.1. The lowest BCUT2D eigenvalue weighted by Gasteiger charge is -2.22. The molecule has 0 fully saturated rings. The molecule has 8 heteroatoms. The number of nitrogens with one attached hydrogen (secondary N) is 1. The molecule has 0 saturated carbocycles. The monoisotopic (exact) mass is 504 g/mol. The minimum absolute atomic E-state index is 0.0958. The van der Waals surface area contributed by atoms with Crippen molar-refractivity contribution in [2.24, 2.45) is 0 Å². The topological polar surface area (TPSA) is 66.5 Å². The molecule has 0 aliphatic carbocycles. The molecule has 1 amide bonds. The van der Waals surface area contributed by atoms with Crippen molar-refractivity contribution in [1.82, 2.24) is 4.31 Å². The van der Waals surface area contributed by atoms with Gasteiger partial charge in [-0.15, -0.1) is 0 Å². The number of carbonyl (C=O) groups excluding carboxylic acids is 1. The van der Waals surface area contributed by atoms with Crippen LogP contribution in [0.2, 0.25) is 0 Å². The molecule has 3 aromatic carbocycles. The molecule has 31 heavy (non-hydrogen) atoms. The number of hydrogen-bond donors (Lipinski definition) is 1. The fourth-order valence-electron chi connectivity index (χ4n) is 3.02. The number of nitrogens with zero attached hydrogens (tertiary/aromatic N) is 1. The molecule has 3 rings (SSSR count). The van der Waals surface area contributed by atoms with Gasteiger partial charge in [-0.25, -0.2) is 12.8 Å². The Morgan fingerprint density at radius 2 is 1.71 bits per heavy atom. The molecule has 5 nitrogen and oxygen atoms in total. The standard InChI is InChI=1S/C23H22BrFN2O3S/c1-17-7-10-20(25)15-22(17)26-23(28)16-27(14-13-18-5-3-2-4-6-18)31(29,30)21-11-8-19(24)9-12-21/h2-12,15H,13-14,16H2,1H3,(H,26,28). The van der Waals surface area contributed by atoms with Gasteiger partial charge in [0.15, 0.2) is 0 Å². The zero-order chi connectivity index (χ0) is 22.4. The van der Waals surface area contributed by atoms with E-state index < -0.39 is 21.7 Å². The number of benzene rings is 3. The van der Waals surface area contributed by atoms with Crippen LogP contribution in [0.4, 0.5) is 10.1 Å². The molecular formula is C23H22BrFN2O3S. The highest BCUT2D eigenvalue weighted by Gasteiger charge is 2.26. The van der Waals surface area contributed by atoms with Gasteiger partial charge in [0.1, 0.15) is 5.82 Å². The van der Waals surface area contributed by atoms with Crippen molar-refractivity contribution in [3.8, 4) is 0 Å². The highest BCUT2D eigenvalue weighted by atomic mass is 79.9. The number of anilines is 1. The van der Waals surface area contributed by atoms with Crippen molar-refractivity contribution >= 4 is 37.5 Å². The second-order valence-electron chi connectivity index (χ2n) is 7.04. The molecule has 0 aliphatic heterocycles. The quantitative estimate of drug-likeness (QED) is 0.480. The number of aryl methyl sites for hydroxylation is 1. The lowest BCUT2D eigenvalue weighted by Crippen LogP contribution is -2.39. The van der Waals surface area contributed by atoms with Crippen molar-refractivity contribution in [1.29, 1.82) is 0 Å². The Bertz CT molecular complexity index is 1150. The van der Waals surface area contributed by atoms with E-state index in [1.54, 1.807) is 25.1 Å². The summed E-state index contributed by atoms with van der Waals surface area (Å²) in [6, 6.07) is 19.8. The molecule has 3 aromatic rings. The molecular weight excluding hydrogens is 483 g/mol. The minimum atomic E-state index is -3.92. The Kier molecular flexibility index (Phi) is 7.59. The van der Waals surface area contributed by atoms with Crippen molar-refractivity contribution in [3.05, 3.63) is 94.2 Å². The summed E-state index contributed by atoms with van der Waals surface area (Å²) >= 11 is 3.30. The summed E-state index contributed by atoms with van der Waals surface area (Å²) in [4.78, 5) is 12.8. The summed E-state index contributed by atoms with van der Waals surface area (Å²) in [5.74, 6) is -1.02. The molecule has 1 N–H and O–H groups in total. The summed E-state index contributed by atoms with van der Waals surface area (Å²) in [6.07, 6.45) is 0.447. The van der Waals surface area contributed by atoms with Crippen LogP contribution in [0, 0.1) is 12.7 Å². The molecule has 0 heterocycles. The molecule has 0 radical (unpaired) electrons. The van der Waals surface area contributed by atoms with Crippen molar-refractivity contribution < 1.29 is 17.6 Å². The highest BCUT2D eigenvalue weighted by molar-refractivity contribution is 9.10. The largest absolute Gasteiger partial charge is 0.325 e. The molecule has 0 aromatic heterocycles. The van der Waals surface area contributed by atoms with E-state index in [0.717, 1.165) is 14.3 Å². The number of carbonyl (C=O) groups is 1. The van der Waals surface area contributed by atoms with Gasteiger partial charge in [-0.3, -0.25) is 4.79 Å². The number of amides is 1. The van der Waals surface area contributed by atoms with Crippen LogP contribution in [0.25, 0.3) is 0 Å². The first-order valence-corrected chi connectivity index (χ1v) is 11.8. The minimum Gasteiger partial charge on any atom is -0.325 e. The van der Waals surface area contributed by atoms with Gasteiger partial charge in [0.2, 0.25) is 15.9 Å². The fraction of sp³-hybridized carbons (Fsp3) is 0.174. The first kappa shape index (κ1) is 23.1.